The minimum Gasteiger partial charge on any atom is -0.391 e. The summed E-state index contributed by atoms with van der Waals surface area (Å²) < 4.78 is 0. The Bertz CT molecular complexity index is 331. The van der Waals surface area contributed by atoms with Gasteiger partial charge in [-0.15, -0.1) is 0 Å². The van der Waals surface area contributed by atoms with Crippen molar-refractivity contribution in [2.75, 3.05) is 13.1 Å². The Morgan fingerprint density at radius 1 is 1.69 bits per heavy atom. The highest BCUT2D eigenvalue weighted by atomic mass is 16.3. The first-order valence-electron chi connectivity index (χ1n) is 5.52. The van der Waals surface area contributed by atoms with E-state index in [9.17, 15) is 14.7 Å². The van der Waals surface area contributed by atoms with Crippen LogP contribution < -0.4 is 11.1 Å². The fraction of sp³-hybridized carbons (Fsp3) is 0.800. The summed E-state index contributed by atoms with van der Waals surface area (Å²) in [5.74, 6) is -0.432. The lowest BCUT2D eigenvalue weighted by Crippen LogP contribution is -2.73. The summed E-state index contributed by atoms with van der Waals surface area (Å²) in [6, 6.07) is -0.941. The Kier molecular flexibility index (Phi) is 2.63. The van der Waals surface area contributed by atoms with E-state index in [1.165, 1.54) is 11.8 Å². The number of rotatable bonds is 2. The van der Waals surface area contributed by atoms with Crippen molar-refractivity contribution in [2.24, 2.45) is 5.73 Å². The third-order valence-electron chi connectivity index (χ3n) is 3.52. The lowest BCUT2D eigenvalue weighted by Gasteiger charge is -2.45. The predicted octanol–water partition coefficient (Wildman–Crippen LogP) is -1.81. The van der Waals surface area contributed by atoms with Crippen LogP contribution >= 0.6 is 0 Å². The maximum atomic E-state index is 12.0. The van der Waals surface area contributed by atoms with Crippen molar-refractivity contribution in [3.8, 4) is 0 Å². The number of β-lactam (4-membered cyclic amide) rings is 1. The van der Waals surface area contributed by atoms with E-state index in [4.69, 9.17) is 5.73 Å². The van der Waals surface area contributed by atoms with Gasteiger partial charge in [0.05, 0.1) is 6.10 Å². The minimum atomic E-state index is -0.941. The molecule has 2 heterocycles. The Morgan fingerprint density at radius 2 is 2.38 bits per heavy atom. The number of nitrogens with one attached hydrogen (secondary N) is 1. The predicted molar refractivity (Wildman–Crippen MR) is 56.3 cm³/mol. The first-order valence-corrected chi connectivity index (χ1v) is 5.52. The van der Waals surface area contributed by atoms with E-state index in [2.05, 4.69) is 5.32 Å². The number of carbonyl (C=O) groups is 2. The zero-order valence-electron chi connectivity index (χ0n) is 9.27. The van der Waals surface area contributed by atoms with Gasteiger partial charge in [-0.25, -0.2) is 0 Å². The molecule has 90 valence electrons. The second kappa shape index (κ2) is 3.71. The number of hydrogen-bond acceptors (Lipinski definition) is 4. The molecule has 2 aliphatic heterocycles. The quantitative estimate of drug-likeness (QED) is 0.484. The van der Waals surface area contributed by atoms with Gasteiger partial charge in [-0.05, 0) is 19.8 Å². The average molecular weight is 227 g/mol. The number of likely N-dealkylation sites (tertiary alicyclic amines) is 1. The third kappa shape index (κ3) is 1.41. The van der Waals surface area contributed by atoms with Gasteiger partial charge in [-0.1, -0.05) is 0 Å². The van der Waals surface area contributed by atoms with Crippen LogP contribution in [0.5, 0.6) is 0 Å². The van der Waals surface area contributed by atoms with E-state index < -0.39 is 17.7 Å². The van der Waals surface area contributed by atoms with E-state index in [-0.39, 0.29) is 11.8 Å². The van der Waals surface area contributed by atoms with Gasteiger partial charge in [0.25, 0.3) is 0 Å². The molecule has 2 fully saturated rings. The molecule has 0 unspecified atom stereocenters. The standard InChI is InChI=1S/C10H17N3O3/c1-6(14)7(11)8(15)13-4-2-3-10(13)5-12-9(10)16/h6-7,14H,2-5,11H2,1H3,(H,12,16)/t6-,7+,10+/m0/s1. The maximum Gasteiger partial charge on any atom is 0.247 e. The summed E-state index contributed by atoms with van der Waals surface area (Å²) in [4.78, 5) is 25.1. The third-order valence-corrected chi connectivity index (χ3v) is 3.52. The van der Waals surface area contributed by atoms with E-state index in [1.54, 1.807) is 0 Å². The molecule has 0 aromatic carbocycles. The number of carbonyl (C=O) groups excluding carboxylic acids is 2. The summed E-state index contributed by atoms with van der Waals surface area (Å²) in [7, 11) is 0. The number of hydrogen-bond donors (Lipinski definition) is 3. The molecule has 1 spiro atoms. The average Bonchev–Trinajstić information content (AvgIpc) is 2.71. The van der Waals surface area contributed by atoms with Gasteiger partial charge < -0.3 is 21.1 Å². The van der Waals surface area contributed by atoms with Crippen molar-refractivity contribution in [3.63, 3.8) is 0 Å². The van der Waals surface area contributed by atoms with Gasteiger partial charge in [0, 0.05) is 13.1 Å². The molecular formula is C10H17N3O3. The molecule has 6 heteroatoms. The zero-order valence-corrected chi connectivity index (χ0v) is 9.27. The first-order chi connectivity index (χ1) is 7.49. The molecule has 2 amide bonds. The van der Waals surface area contributed by atoms with Crippen LogP contribution in [0.3, 0.4) is 0 Å². The Balaban J connectivity index is 2.15. The molecule has 3 atom stereocenters. The second-order valence-electron chi connectivity index (χ2n) is 4.57. The van der Waals surface area contributed by atoms with Crippen LogP contribution in [0.1, 0.15) is 19.8 Å². The number of nitrogens with zero attached hydrogens (tertiary/aromatic N) is 1. The number of nitrogens with two attached hydrogens (primary N) is 1. The molecule has 16 heavy (non-hydrogen) atoms. The fourth-order valence-electron chi connectivity index (χ4n) is 2.37. The topological polar surface area (TPSA) is 95.7 Å². The highest BCUT2D eigenvalue weighted by Crippen LogP contribution is 2.34. The molecular weight excluding hydrogens is 210 g/mol. The molecule has 6 nitrogen and oxygen atoms in total. The molecule has 0 saturated carbocycles. The van der Waals surface area contributed by atoms with E-state index in [0.29, 0.717) is 19.5 Å². The summed E-state index contributed by atoms with van der Waals surface area (Å²) in [6.07, 6.45) is 0.608. The van der Waals surface area contributed by atoms with Gasteiger partial charge in [0.1, 0.15) is 11.6 Å². The number of aliphatic hydroxyl groups is 1. The van der Waals surface area contributed by atoms with Crippen molar-refractivity contribution in [3.05, 3.63) is 0 Å². The van der Waals surface area contributed by atoms with Crippen molar-refractivity contribution < 1.29 is 14.7 Å². The largest absolute Gasteiger partial charge is 0.391 e. The number of aliphatic hydroxyl groups excluding tert-OH is 1. The summed E-state index contributed by atoms with van der Waals surface area (Å²) in [5, 5.41) is 12.0. The number of amides is 2. The Hall–Kier alpha value is -1.14. The molecule has 0 aromatic heterocycles. The monoisotopic (exact) mass is 227 g/mol. The maximum absolute atomic E-state index is 12.0. The molecule has 0 radical (unpaired) electrons. The molecule has 2 saturated heterocycles. The van der Waals surface area contributed by atoms with E-state index in [0.717, 1.165) is 6.42 Å². The van der Waals surface area contributed by atoms with Crippen molar-refractivity contribution >= 4 is 11.8 Å². The molecule has 0 aliphatic carbocycles. The summed E-state index contributed by atoms with van der Waals surface area (Å²) >= 11 is 0. The Labute approximate surface area is 93.8 Å². The first kappa shape index (κ1) is 11.3. The molecule has 0 aromatic rings. The second-order valence-corrected chi connectivity index (χ2v) is 4.57. The van der Waals surface area contributed by atoms with Crippen LogP contribution in [0.4, 0.5) is 0 Å². The summed E-state index contributed by atoms with van der Waals surface area (Å²) in [5.41, 5.74) is 4.94. The summed E-state index contributed by atoms with van der Waals surface area (Å²) in [6.45, 7) is 2.53. The van der Waals surface area contributed by atoms with Crippen LogP contribution in [-0.2, 0) is 9.59 Å². The molecule has 0 bridgehead atoms. The Morgan fingerprint density at radius 3 is 2.81 bits per heavy atom. The van der Waals surface area contributed by atoms with Crippen molar-refractivity contribution in [2.45, 2.75) is 37.5 Å². The van der Waals surface area contributed by atoms with Crippen molar-refractivity contribution in [1.82, 2.24) is 10.2 Å². The van der Waals surface area contributed by atoms with Crippen molar-refractivity contribution in [1.29, 1.82) is 0 Å². The van der Waals surface area contributed by atoms with E-state index in [1.807, 2.05) is 0 Å². The van der Waals surface area contributed by atoms with Gasteiger partial charge >= 0.3 is 0 Å². The molecule has 2 aliphatic rings. The van der Waals surface area contributed by atoms with Gasteiger partial charge in [0.2, 0.25) is 11.8 Å². The van der Waals surface area contributed by atoms with Crippen LogP contribution in [0, 0.1) is 0 Å². The lowest BCUT2D eigenvalue weighted by atomic mass is 9.87. The van der Waals surface area contributed by atoms with Gasteiger partial charge in [-0.3, -0.25) is 9.59 Å². The smallest absolute Gasteiger partial charge is 0.247 e. The lowest BCUT2D eigenvalue weighted by molar-refractivity contribution is -0.153. The minimum absolute atomic E-state index is 0.101. The van der Waals surface area contributed by atoms with Crippen LogP contribution in [0.2, 0.25) is 0 Å². The zero-order chi connectivity index (χ0) is 11.9. The molecule has 2 rings (SSSR count). The molecule has 4 N–H and O–H groups in total. The van der Waals surface area contributed by atoms with Crippen LogP contribution in [-0.4, -0.2) is 52.6 Å². The SMILES string of the molecule is C[C@H](O)[C@@H](N)C(=O)N1CCC[C@]12CNC2=O. The van der Waals surface area contributed by atoms with Gasteiger partial charge in [-0.2, -0.15) is 0 Å². The highest BCUT2D eigenvalue weighted by molar-refractivity contribution is 5.98. The highest BCUT2D eigenvalue weighted by Gasteiger charge is 2.56. The normalized spacial score (nSPS) is 32.2. The van der Waals surface area contributed by atoms with Gasteiger partial charge in [0.15, 0.2) is 0 Å². The van der Waals surface area contributed by atoms with E-state index >= 15 is 0 Å². The van der Waals surface area contributed by atoms with Crippen LogP contribution in [0.15, 0.2) is 0 Å². The fourth-order valence-corrected chi connectivity index (χ4v) is 2.37. The van der Waals surface area contributed by atoms with Crippen LogP contribution in [0.25, 0.3) is 0 Å².